The number of rotatable bonds is 3. The van der Waals surface area contributed by atoms with E-state index in [0.29, 0.717) is 10.0 Å². The van der Waals surface area contributed by atoms with E-state index in [2.05, 4.69) is 31.2 Å². The molecule has 1 unspecified atom stereocenters. The Labute approximate surface area is 122 Å². The van der Waals surface area contributed by atoms with Crippen LogP contribution in [0.2, 0.25) is 0 Å². The Morgan fingerprint density at radius 1 is 1.20 bits per heavy atom. The van der Waals surface area contributed by atoms with Gasteiger partial charge in [-0.25, -0.2) is 0 Å². The van der Waals surface area contributed by atoms with Crippen LogP contribution in [0.5, 0.6) is 0 Å². The summed E-state index contributed by atoms with van der Waals surface area (Å²) in [6.45, 7) is 0. The number of alkyl halides is 3. The lowest BCUT2D eigenvalue weighted by atomic mass is 9.97. The Morgan fingerprint density at radius 3 is 2.55 bits per heavy atom. The van der Waals surface area contributed by atoms with Gasteiger partial charge in [0.25, 0.3) is 0 Å². The van der Waals surface area contributed by atoms with E-state index in [1.165, 1.54) is 12.4 Å². The van der Waals surface area contributed by atoms with Gasteiger partial charge >= 0.3 is 6.18 Å². The van der Waals surface area contributed by atoms with Crippen LogP contribution in [0, 0.1) is 0 Å². The molecule has 0 radical (unpaired) electrons. The van der Waals surface area contributed by atoms with Crippen LogP contribution in [0.4, 0.5) is 13.2 Å². The van der Waals surface area contributed by atoms with Gasteiger partial charge < -0.3 is 5.32 Å². The zero-order valence-corrected chi connectivity index (χ0v) is 12.0. The van der Waals surface area contributed by atoms with Crippen molar-refractivity contribution in [2.75, 3.05) is 7.05 Å². The second-order valence-electron chi connectivity index (χ2n) is 4.12. The van der Waals surface area contributed by atoms with Crippen LogP contribution in [0.1, 0.15) is 22.7 Å². The van der Waals surface area contributed by atoms with E-state index in [1.807, 2.05) is 0 Å². The maximum absolute atomic E-state index is 13.1. The van der Waals surface area contributed by atoms with Crippen molar-refractivity contribution in [2.45, 2.75) is 12.2 Å². The standard InChI is InChI=1S/C13H11BrF3N3/c1-18-12(8-4-9(14)6-20-5-8)10-7-19-3-2-11(10)13(15,16)17/h2-7,12,18H,1H3. The molecule has 2 aromatic rings. The van der Waals surface area contributed by atoms with E-state index in [0.717, 1.165) is 12.3 Å². The van der Waals surface area contributed by atoms with Crippen molar-refractivity contribution in [3.8, 4) is 0 Å². The van der Waals surface area contributed by atoms with Gasteiger partial charge in [-0.05, 0) is 40.7 Å². The first-order valence-corrected chi connectivity index (χ1v) is 6.51. The first-order valence-electron chi connectivity index (χ1n) is 5.72. The molecule has 106 valence electrons. The number of nitrogens with zero attached hydrogens (tertiary/aromatic N) is 2. The predicted molar refractivity (Wildman–Crippen MR) is 72.1 cm³/mol. The smallest absolute Gasteiger partial charge is 0.309 e. The average molecular weight is 346 g/mol. The van der Waals surface area contributed by atoms with Gasteiger partial charge in [0.2, 0.25) is 0 Å². The highest BCUT2D eigenvalue weighted by molar-refractivity contribution is 9.10. The number of hydrogen-bond donors (Lipinski definition) is 1. The first kappa shape index (κ1) is 14.9. The summed E-state index contributed by atoms with van der Waals surface area (Å²) in [6.07, 6.45) is 1.04. The number of nitrogens with one attached hydrogen (secondary N) is 1. The van der Waals surface area contributed by atoms with Gasteiger partial charge in [0.15, 0.2) is 0 Å². The van der Waals surface area contributed by atoms with Crippen LogP contribution in [0.15, 0.2) is 41.4 Å². The Morgan fingerprint density at radius 2 is 1.95 bits per heavy atom. The molecule has 0 amide bonds. The molecule has 2 rings (SSSR count). The van der Waals surface area contributed by atoms with E-state index >= 15 is 0 Å². The number of halogens is 4. The monoisotopic (exact) mass is 345 g/mol. The van der Waals surface area contributed by atoms with Crippen molar-refractivity contribution in [2.24, 2.45) is 0 Å². The Hall–Kier alpha value is -1.47. The lowest BCUT2D eigenvalue weighted by molar-refractivity contribution is -0.138. The van der Waals surface area contributed by atoms with Crippen LogP contribution < -0.4 is 5.32 Å². The maximum atomic E-state index is 13.1. The molecule has 2 heterocycles. The molecule has 0 aliphatic heterocycles. The van der Waals surface area contributed by atoms with Gasteiger partial charge in [-0.1, -0.05) is 0 Å². The van der Waals surface area contributed by atoms with Gasteiger partial charge in [0.1, 0.15) is 0 Å². The van der Waals surface area contributed by atoms with E-state index in [1.54, 1.807) is 19.3 Å². The fourth-order valence-corrected chi connectivity index (χ4v) is 2.37. The molecule has 2 aromatic heterocycles. The molecular weight excluding hydrogens is 335 g/mol. The fourth-order valence-electron chi connectivity index (χ4n) is 1.98. The van der Waals surface area contributed by atoms with Crippen molar-refractivity contribution < 1.29 is 13.2 Å². The molecule has 0 spiro atoms. The summed E-state index contributed by atoms with van der Waals surface area (Å²) in [4.78, 5) is 7.79. The molecule has 0 saturated carbocycles. The Kier molecular flexibility index (Phi) is 4.39. The van der Waals surface area contributed by atoms with E-state index in [4.69, 9.17) is 0 Å². The molecule has 0 aliphatic carbocycles. The highest BCUT2D eigenvalue weighted by Gasteiger charge is 2.35. The third-order valence-corrected chi connectivity index (χ3v) is 3.25. The molecule has 3 nitrogen and oxygen atoms in total. The van der Waals surface area contributed by atoms with Crippen molar-refractivity contribution in [1.29, 1.82) is 0 Å². The van der Waals surface area contributed by atoms with Gasteiger partial charge in [-0.15, -0.1) is 0 Å². The molecule has 0 fully saturated rings. The Bertz CT molecular complexity index is 601. The van der Waals surface area contributed by atoms with Crippen LogP contribution in [-0.4, -0.2) is 17.0 Å². The molecule has 0 bridgehead atoms. The highest BCUT2D eigenvalue weighted by Crippen LogP contribution is 2.36. The van der Waals surface area contributed by atoms with Crippen LogP contribution in [0.3, 0.4) is 0 Å². The molecule has 1 N–H and O–H groups in total. The fraction of sp³-hybridized carbons (Fsp3) is 0.231. The maximum Gasteiger partial charge on any atom is 0.416 e. The molecular formula is C13H11BrF3N3. The summed E-state index contributed by atoms with van der Waals surface area (Å²) in [5, 5.41) is 2.87. The lowest BCUT2D eigenvalue weighted by Gasteiger charge is -2.21. The molecule has 20 heavy (non-hydrogen) atoms. The van der Waals surface area contributed by atoms with Gasteiger partial charge in [0, 0.05) is 34.8 Å². The van der Waals surface area contributed by atoms with Crippen molar-refractivity contribution in [1.82, 2.24) is 15.3 Å². The first-order chi connectivity index (χ1) is 9.43. The predicted octanol–water partition coefficient (Wildman–Crippen LogP) is 3.57. The number of aromatic nitrogens is 2. The minimum Gasteiger partial charge on any atom is -0.309 e. The van der Waals surface area contributed by atoms with E-state index in [9.17, 15) is 13.2 Å². The molecule has 0 aliphatic rings. The normalized spacial score (nSPS) is 13.2. The SMILES string of the molecule is CNC(c1cncc(Br)c1)c1cnccc1C(F)(F)F. The minimum atomic E-state index is -4.42. The summed E-state index contributed by atoms with van der Waals surface area (Å²) >= 11 is 3.26. The third-order valence-electron chi connectivity index (χ3n) is 2.82. The van der Waals surface area contributed by atoms with Crippen LogP contribution in [0.25, 0.3) is 0 Å². The van der Waals surface area contributed by atoms with Crippen molar-refractivity contribution in [3.63, 3.8) is 0 Å². The second-order valence-corrected chi connectivity index (χ2v) is 5.03. The summed E-state index contributed by atoms with van der Waals surface area (Å²) in [6, 6.07) is 2.07. The highest BCUT2D eigenvalue weighted by atomic mass is 79.9. The van der Waals surface area contributed by atoms with Crippen LogP contribution in [-0.2, 0) is 6.18 Å². The quantitative estimate of drug-likeness (QED) is 0.924. The Balaban J connectivity index is 2.53. The molecule has 0 aromatic carbocycles. The summed E-state index contributed by atoms with van der Waals surface area (Å²) in [7, 11) is 1.60. The largest absolute Gasteiger partial charge is 0.416 e. The third kappa shape index (κ3) is 3.16. The zero-order valence-electron chi connectivity index (χ0n) is 10.4. The van der Waals surface area contributed by atoms with E-state index < -0.39 is 17.8 Å². The summed E-state index contributed by atoms with van der Waals surface area (Å²) in [5.41, 5.74) is -0.00500. The van der Waals surface area contributed by atoms with Gasteiger partial charge in [-0.2, -0.15) is 13.2 Å². The van der Waals surface area contributed by atoms with E-state index in [-0.39, 0.29) is 5.56 Å². The second kappa shape index (κ2) is 5.88. The number of hydrogen-bond acceptors (Lipinski definition) is 3. The van der Waals surface area contributed by atoms with Crippen molar-refractivity contribution >= 4 is 15.9 Å². The van der Waals surface area contributed by atoms with Crippen LogP contribution >= 0.6 is 15.9 Å². The lowest BCUT2D eigenvalue weighted by Crippen LogP contribution is -2.22. The zero-order chi connectivity index (χ0) is 14.8. The molecule has 1 atom stereocenters. The molecule has 0 saturated heterocycles. The summed E-state index contributed by atoms with van der Waals surface area (Å²) < 4.78 is 39.9. The van der Waals surface area contributed by atoms with Gasteiger partial charge in [0.05, 0.1) is 11.6 Å². The minimum absolute atomic E-state index is 0.0717. The number of pyridine rings is 2. The average Bonchev–Trinajstić information content (AvgIpc) is 2.39. The van der Waals surface area contributed by atoms with Crippen molar-refractivity contribution in [3.05, 3.63) is 58.1 Å². The topological polar surface area (TPSA) is 37.8 Å². The van der Waals surface area contributed by atoms with Gasteiger partial charge in [-0.3, -0.25) is 9.97 Å². The summed E-state index contributed by atoms with van der Waals surface area (Å²) in [5.74, 6) is 0. The molecule has 7 heteroatoms.